The fourth-order valence-corrected chi connectivity index (χ4v) is 2.65. The first-order valence-corrected chi connectivity index (χ1v) is 9.06. The highest BCUT2D eigenvalue weighted by molar-refractivity contribution is 5.95. The average Bonchev–Trinajstić information content (AvgIpc) is 2.71. The third kappa shape index (κ3) is 5.07. The molecule has 4 nitrogen and oxygen atoms in total. The van der Waals surface area contributed by atoms with Gasteiger partial charge < -0.3 is 9.47 Å². The minimum absolute atomic E-state index is 0.336. The summed E-state index contributed by atoms with van der Waals surface area (Å²) in [6.45, 7) is 7.24. The maximum Gasteiger partial charge on any atom is 0.343 e. The zero-order valence-corrected chi connectivity index (χ0v) is 16.6. The van der Waals surface area contributed by atoms with Crippen molar-refractivity contribution in [1.29, 1.82) is 0 Å². The Morgan fingerprint density at radius 2 is 1.61 bits per heavy atom. The van der Waals surface area contributed by atoms with Crippen LogP contribution in [-0.2, 0) is 9.53 Å². The Morgan fingerprint density at radius 1 is 0.893 bits per heavy atom. The van der Waals surface area contributed by atoms with E-state index in [-0.39, 0.29) is 0 Å². The second-order valence-corrected chi connectivity index (χ2v) is 5.99. The molecule has 144 valence electrons. The molecule has 0 aliphatic heterocycles. The van der Waals surface area contributed by atoms with Gasteiger partial charge in [-0.25, -0.2) is 9.59 Å². The van der Waals surface area contributed by atoms with Crippen LogP contribution in [0.15, 0.2) is 78.4 Å². The summed E-state index contributed by atoms with van der Waals surface area (Å²) < 4.78 is 11.2. The van der Waals surface area contributed by atoms with Crippen LogP contribution in [0, 0.1) is 6.92 Å². The van der Waals surface area contributed by atoms with Crippen molar-refractivity contribution in [3.05, 3.63) is 95.1 Å². The Bertz CT molecular complexity index is 934. The smallest absolute Gasteiger partial charge is 0.343 e. The van der Waals surface area contributed by atoms with Gasteiger partial charge in [-0.3, -0.25) is 0 Å². The van der Waals surface area contributed by atoms with E-state index in [4.69, 9.17) is 9.47 Å². The molecule has 0 bridgehead atoms. The van der Waals surface area contributed by atoms with Crippen LogP contribution in [0.3, 0.4) is 0 Å². The Hall–Kier alpha value is -3.40. The van der Waals surface area contributed by atoms with Gasteiger partial charge in [0.2, 0.25) is 0 Å². The van der Waals surface area contributed by atoms with Gasteiger partial charge in [-0.2, -0.15) is 0 Å². The quantitative estimate of drug-likeness (QED) is 0.215. The van der Waals surface area contributed by atoms with E-state index in [1.807, 2.05) is 26.0 Å². The monoisotopic (exact) mass is 376 g/mol. The van der Waals surface area contributed by atoms with E-state index in [9.17, 15) is 9.59 Å². The topological polar surface area (TPSA) is 52.6 Å². The fraction of sp³-hybridized carbons (Fsp3) is 0.167. The summed E-state index contributed by atoms with van der Waals surface area (Å²) in [5.41, 5.74) is 2.28. The lowest BCUT2D eigenvalue weighted by Gasteiger charge is -2.16. The fourth-order valence-electron chi connectivity index (χ4n) is 2.65. The first-order chi connectivity index (χ1) is 13.5. The highest BCUT2D eigenvalue weighted by Gasteiger charge is 2.19. The van der Waals surface area contributed by atoms with Gasteiger partial charge in [0.05, 0.1) is 16.7 Å². The lowest BCUT2D eigenvalue weighted by Crippen LogP contribution is -2.13. The molecule has 0 N–H and O–H groups in total. The molecule has 4 heteroatoms. The van der Waals surface area contributed by atoms with Crippen molar-refractivity contribution < 1.29 is 19.1 Å². The van der Waals surface area contributed by atoms with Crippen LogP contribution in [0.1, 0.15) is 42.3 Å². The summed E-state index contributed by atoms with van der Waals surface area (Å²) in [5, 5.41) is 0. The number of carbonyl (C=O) groups excluding carboxylic acids is 2. The van der Waals surface area contributed by atoms with Crippen LogP contribution in [0.4, 0.5) is 0 Å². The van der Waals surface area contributed by atoms with E-state index in [1.54, 1.807) is 74.5 Å². The van der Waals surface area contributed by atoms with Gasteiger partial charge in [0.1, 0.15) is 11.5 Å². The Morgan fingerprint density at radius 3 is 2.21 bits per heavy atom. The zero-order chi connectivity index (χ0) is 20.5. The first kappa shape index (κ1) is 20.9. The third-order valence-electron chi connectivity index (χ3n) is 4.05. The number of allylic oxidation sites excluding steroid dienone is 3. The second kappa shape index (κ2) is 10.1. The molecule has 2 rings (SSSR count). The molecule has 0 atom stereocenters. The van der Waals surface area contributed by atoms with E-state index in [0.717, 1.165) is 5.56 Å². The predicted octanol–water partition coefficient (Wildman–Crippen LogP) is 5.64. The standard InChI is InChI=1S/C24H24O4/c1-5-12-18(6-2)23(25)28-21-16-11-13-17(4)22(21)20(7-3)27-24(26)19-14-9-8-10-15-19/h5-16H,1-4H3/b12-5-,18-6+,20-7+. The van der Waals surface area contributed by atoms with Crippen molar-refractivity contribution in [3.8, 4) is 5.75 Å². The number of benzene rings is 2. The summed E-state index contributed by atoms with van der Waals surface area (Å²) in [7, 11) is 0. The Balaban J connectivity index is 2.36. The molecule has 0 saturated heterocycles. The van der Waals surface area contributed by atoms with Gasteiger partial charge in [-0.1, -0.05) is 48.6 Å². The van der Waals surface area contributed by atoms with Crippen molar-refractivity contribution in [1.82, 2.24) is 0 Å². The number of hydrogen-bond donors (Lipinski definition) is 0. The van der Waals surface area contributed by atoms with Crippen molar-refractivity contribution in [3.63, 3.8) is 0 Å². The minimum atomic E-state index is -0.475. The lowest BCUT2D eigenvalue weighted by molar-refractivity contribution is -0.129. The van der Waals surface area contributed by atoms with E-state index in [2.05, 4.69) is 0 Å². The van der Waals surface area contributed by atoms with Crippen LogP contribution in [-0.4, -0.2) is 11.9 Å². The number of rotatable bonds is 6. The summed E-state index contributed by atoms with van der Waals surface area (Å²) in [5.74, 6) is -0.278. The number of ether oxygens (including phenoxy) is 2. The maximum atomic E-state index is 12.5. The summed E-state index contributed by atoms with van der Waals surface area (Å²) in [6, 6.07) is 14.1. The van der Waals surface area contributed by atoms with E-state index >= 15 is 0 Å². The molecular weight excluding hydrogens is 352 g/mol. The number of hydrogen-bond acceptors (Lipinski definition) is 4. The molecule has 0 aromatic heterocycles. The molecule has 2 aromatic rings. The van der Waals surface area contributed by atoms with Crippen LogP contribution < -0.4 is 4.74 Å². The lowest BCUT2D eigenvalue weighted by atomic mass is 10.1. The molecule has 0 spiro atoms. The Labute approximate surface area is 165 Å². The van der Waals surface area contributed by atoms with Crippen LogP contribution in [0.5, 0.6) is 5.75 Å². The van der Waals surface area contributed by atoms with Crippen LogP contribution in [0.25, 0.3) is 5.76 Å². The molecule has 0 saturated carbocycles. The van der Waals surface area contributed by atoms with Crippen molar-refractivity contribution in [2.45, 2.75) is 27.7 Å². The number of carbonyl (C=O) groups is 2. The van der Waals surface area contributed by atoms with Gasteiger partial charge in [0.15, 0.2) is 0 Å². The van der Waals surface area contributed by atoms with Gasteiger partial charge in [-0.05, 0) is 57.5 Å². The van der Waals surface area contributed by atoms with E-state index in [0.29, 0.717) is 28.2 Å². The molecule has 0 aliphatic carbocycles. The second-order valence-electron chi connectivity index (χ2n) is 5.99. The molecular formula is C24H24O4. The minimum Gasteiger partial charge on any atom is -0.422 e. The summed E-state index contributed by atoms with van der Waals surface area (Å²) in [4.78, 5) is 25.0. The van der Waals surface area contributed by atoms with Gasteiger partial charge in [0, 0.05) is 0 Å². The average molecular weight is 376 g/mol. The summed E-state index contributed by atoms with van der Waals surface area (Å²) >= 11 is 0. The molecule has 28 heavy (non-hydrogen) atoms. The molecule has 0 heterocycles. The highest BCUT2D eigenvalue weighted by Crippen LogP contribution is 2.31. The normalized spacial score (nSPS) is 12.1. The van der Waals surface area contributed by atoms with Crippen molar-refractivity contribution in [2.75, 3.05) is 0 Å². The molecule has 0 amide bonds. The first-order valence-electron chi connectivity index (χ1n) is 9.06. The van der Waals surface area contributed by atoms with Crippen molar-refractivity contribution >= 4 is 17.7 Å². The molecule has 2 aromatic carbocycles. The molecule has 0 radical (unpaired) electrons. The molecule has 0 unspecified atom stereocenters. The SMILES string of the molecule is C/C=C\C(=C/C)C(=O)Oc1cccc(C)c1/C(=C\C)OC(=O)c1ccccc1. The number of aryl methyl sites for hydroxylation is 1. The number of esters is 2. The summed E-state index contributed by atoms with van der Waals surface area (Å²) in [6.07, 6.45) is 6.82. The Kier molecular flexibility index (Phi) is 7.52. The van der Waals surface area contributed by atoms with E-state index in [1.165, 1.54) is 0 Å². The predicted molar refractivity (Wildman–Crippen MR) is 111 cm³/mol. The van der Waals surface area contributed by atoms with Gasteiger partial charge >= 0.3 is 11.9 Å². The highest BCUT2D eigenvalue weighted by atomic mass is 16.5. The largest absolute Gasteiger partial charge is 0.422 e. The van der Waals surface area contributed by atoms with E-state index < -0.39 is 11.9 Å². The molecule has 0 aliphatic rings. The van der Waals surface area contributed by atoms with Crippen LogP contribution in [0.2, 0.25) is 0 Å². The van der Waals surface area contributed by atoms with Gasteiger partial charge in [-0.15, -0.1) is 0 Å². The van der Waals surface area contributed by atoms with Gasteiger partial charge in [0.25, 0.3) is 0 Å². The van der Waals surface area contributed by atoms with Crippen LogP contribution >= 0.6 is 0 Å². The maximum absolute atomic E-state index is 12.5. The zero-order valence-electron chi connectivity index (χ0n) is 16.6. The third-order valence-corrected chi connectivity index (χ3v) is 4.05. The van der Waals surface area contributed by atoms with Crippen molar-refractivity contribution in [2.24, 2.45) is 0 Å². The molecule has 0 fully saturated rings.